The molecular weight excluding hydrogens is 268 g/mol. The maximum absolute atomic E-state index is 12.8. The van der Waals surface area contributed by atoms with Gasteiger partial charge in [-0.3, -0.25) is 4.79 Å². The van der Waals surface area contributed by atoms with Gasteiger partial charge in [-0.05, 0) is 31.2 Å². The van der Waals surface area contributed by atoms with Crippen LogP contribution in [-0.2, 0) is 10.2 Å². The highest BCUT2D eigenvalue weighted by atomic mass is 32.1. The summed E-state index contributed by atoms with van der Waals surface area (Å²) in [6.45, 7) is 0. The predicted octanol–water partition coefficient (Wildman–Crippen LogP) is 2.43. The zero-order valence-electron chi connectivity index (χ0n) is 11.5. The lowest BCUT2D eigenvalue weighted by molar-refractivity contribution is -0.124. The van der Waals surface area contributed by atoms with Gasteiger partial charge in [0.05, 0.1) is 15.9 Å². The molecule has 0 aliphatic heterocycles. The minimum absolute atomic E-state index is 0.0957. The lowest BCUT2D eigenvalue weighted by Gasteiger charge is -2.31. The lowest BCUT2D eigenvalue weighted by atomic mass is 9.91. The van der Waals surface area contributed by atoms with E-state index in [1.54, 1.807) is 0 Å². The minimum Gasteiger partial charge on any atom is -0.391 e. The van der Waals surface area contributed by atoms with Crippen molar-refractivity contribution in [2.45, 2.75) is 49.5 Å². The predicted molar refractivity (Wildman–Crippen MR) is 83.5 cm³/mol. The molecule has 3 N–H and O–H groups in total. The number of hydrogen-bond donors (Lipinski definition) is 2. The molecule has 0 spiro atoms. The van der Waals surface area contributed by atoms with Gasteiger partial charge in [-0.1, -0.05) is 55.4 Å². The monoisotopic (exact) mass is 288 g/mol. The number of rotatable bonds is 4. The SMILES string of the molecule is NC(=S)C1(NC(=O)C2(c3ccccc3)CC2)CCCC1. The topological polar surface area (TPSA) is 55.1 Å². The number of hydrogen-bond acceptors (Lipinski definition) is 2. The van der Waals surface area contributed by atoms with Gasteiger partial charge in [0.1, 0.15) is 0 Å². The van der Waals surface area contributed by atoms with Crippen molar-refractivity contribution < 1.29 is 4.79 Å². The molecule has 0 bridgehead atoms. The highest BCUT2D eigenvalue weighted by Gasteiger charge is 2.53. The Hall–Kier alpha value is -1.42. The van der Waals surface area contributed by atoms with E-state index in [0.29, 0.717) is 4.99 Å². The van der Waals surface area contributed by atoms with Crippen LogP contribution in [0.15, 0.2) is 30.3 Å². The van der Waals surface area contributed by atoms with Crippen LogP contribution in [-0.4, -0.2) is 16.4 Å². The van der Waals surface area contributed by atoms with Crippen molar-refractivity contribution in [3.8, 4) is 0 Å². The molecule has 2 aliphatic carbocycles. The molecule has 1 amide bonds. The molecule has 1 aromatic rings. The zero-order valence-corrected chi connectivity index (χ0v) is 12.3. The van der Waals surface area contributed by atoms with Crippen molar-refractivity contribution in [2.75, 3.05) is 0 Å². The highest BCUT2D eigenvalue weighted by Crippen LogP contribution is 2.49. The summed E-state index contributed by atoms with van der Waals surface area (Å²) in [6.07, 6.45) is 5.73. The van der Waals surface area contributed by atoms with Crippen molar-refractivity contribution in [3.05, 3.63) is 35.9 Å². The smallest absolute Gasteiger partial charge is 0.231 e. The molecule has 0 atom stereocenters. The molecule has 3 nitrogen and oxygen atoms in total. The minimum atomic E-state index is -0.448. The van der Waals surface area contributed by atoms with E-state index in [0.717, 1.165) is 44.1 Å². The molecule has 1 aromatic carbocycles. The van der Waals surface area contributed by atoms with Crippen LogP contribution in [0.5, 0.6) is 0 Å². The van der Waals surface area contributed by atoms with Crippen molar-refractivity contribution in [3.63, 3.8) is 0 Å². The Bertz CT molecular complexity index is 531. The van der Waals surface area contributed by atoms with Crippen molar-refractivity contribution in [2.24, 2.45) is 5.73 Å². The molecule has 2 fully saturated rings. The largest absolute Gasteiger partial charge is 0.391 e. The van der Waals surface area contributed by atoms with E-state index < -0.39 is 5.54 Å². The molecule has 0 aromatic heterocycles. The molecule has 0 heterocycles. The van der Waals surface area contributed by atoms with Crippen LogP contribution in [0.3, 0.4) is 0 Å². The summed E-state index contributed by atoms with van der Waals surface area (Å²) in [6, 6.07) is 10.0. The molecule has 0 radical (unpaired) electrons. The number of amides is 1. The highest BCUT2D eigenvalue weighted by molar-refractivity contribution is 7.80. The first-order chi connectivity index (χ1) is 9.59. The van der Waals surface area contributed by atoms with Gasteiger partial charge in [-0.15, -0.1) is 0 Å². The Labute approximate surface area is 124 Å². The van der Waals surface area contributed by atoms with Crippen molar-refractivity contribution in [1.82, 2.24) is 5.32 Å². The maximum atomic E-state index is 12.8. The first kappa shape index (κ1) is 13.6. The van der Waals surface area contributed by atoms with E-state index in [1.807, 2.05) is 30.3 Å². The third kappa shape index (κ3) is 2.12. The average molecular weight is 288 g/mol. The molecular formula is C16H20N2OS. The van der Waals surface area contributed by atoms with Crippen LogP contribution in [0.4, 0.5) is 0 Å². The Kier molecular flexibility index (Phi) is 3.28. The molecule has 106 valence electrons. The Morgan fingerprint density at radius 2 is 1.70 bits per heavy atom. The summed E-state index contributed by atoms with van der Waals surface area (Å²) < 4.78 is 0. The Balaban J connectivity index is 1.82. The summed E-state index contributed by atoms with van der Waals surface area (Å²) in [5.41, 5.74) is 6.21. The maximum Gasteiger partial charge on any atom is 0.231 e. The number of benzene rings is 1. The standard InChI is InChI=1S/C16H20N2OS/c17-13(20)16(8-4-5-9-16)18-14(19)15(10-11-15)12-6-2-1-3-7-12/h1-3,6-7H,4-5,8-11H2,(H2,17,20)(H,18,19). The lowest BCUT2D eigenvalue weighted by Crippen LogP contribution is -2.57. The number of carbonyl (C=O) groups is 1. The molecule has 2 saturated carbocycles. The van der Waals surface area contributed by atoms with Gasteiger partial charge >= 0.3 is 0 Å². The van der Waals surface area contributed by atoms with E-state index in [1.165, 1.54) is 0 Å². The third-order valence-electron chi connectivity index (χ3n) is 4.79. The first-order valence-electron chi connectivity index (χ1n) is 7.27. The Morgan fingerprint density at radius 1 is 1.10 bits per heavy atom. The molecule has 4 heteroatoms. The number of nitrogens with one attached hydrogen (secondary N) is 1. The second-order valence-corrected chi connectivity index (χ2v) is 6.50. The van der Waals surface area contributed by atoms with E-state index >= 15 is 0 Å². The summed E-state index contributed by atoms with van der Waals surface area (Å²) in [5, 5.41) is 3.19. The molecule has 2 aliphatic rings. The van der Waals surface area contributed by atoms with E-state index in [4.69, 9.17) is 18.0 Å². The fraction of sp³-hybridized carbons (Fsp3) is 0.500. The van der Waals surface area contributed by atoms with Crippen LogP contribution in [0.2, 0.25) is 0 Å². The van der Waals surface area contributed by atoms with Gasteiger partial charge in [0.25, 0.3) is 0 Å². The fourth-order valence-electron chi connectivity index (χ4n) is 3.28. The van der Waals surface area contributed by atoms with Gasteiger partial charge in [-0.2, -0.15) is 0 Å². The summed E-state index contributed by atoms with van der Waals surface area (Å²) in [7, 11) is 0. The van der Waals surface area contributed by atoms with Crippen LogP contribution >= 0.6 is 12.2 Å². The quantitative estimate of drug-likeness (QED) is 0.837. The fourth-order valence-corrected chi connectivity index (χ4v) is 3.53. The first-order valence-corrected chi connectivity index (χ1v) is 7.68. The second kappa shape index (κ2) is 4.85. The number of nitrogens with two attached hydrogens (primary N) is 1. The molecule has 3 rings (SSSR count). The third-order valence-corrected chi connectivity index (χ3v) is 5.18. The van der Waals surface area contributed by atoms with Gasteiger partial charge in [0, 0.05) is 0 Å². The summed E-state index contributed by atoms with van der Waals surface area (Å²) in [5.74, 6) is 0.0957. The van der Waals surface area contributed by atoms with Crippen molar-refractivity contribution >= 4 is 23.1 Å². The van der Waals surface area contributed by atoms with Gasteiger partial charge in [-0.25, -0.2) is 0 Å². The molecule has 0 saturated heterocycles. The van der Waals surface area contributed by atoms with Crippen LogP contribution in [0.1, 0.15) is 44.1 Å². The number of carbonyl (C=O) groups excluding carboxylic acids is 1. The summed E-state index contributed by atoms with van der Waals surface area (Å²) >= 11 is 5.21. The van der Waals surface area contributed by atoms with Crippen LogP contribution in [0, 0.1) is 0 Å². The summed E-state index contributed by atoms with van der Waals surface area (Å²) in [4.78, 5) is 13.2. The Morgan fingerprint density at radius 3 is 2.20 bits per heavy atom. The zero-order chi connectivity index (χ0) is 14.2. The van der Waals surface area contributed by atoms with Crippen LogP contribution in [0.25, 0.3) is 0 Å². The van der Waals surface area contributed by atoms with Crippen LogP contribution < -0.4 is 11.1 Å². The number of thiocarbonyl (C=S) groups is 1. The van der Waals surface area contributed by atoms with E-state index in [2.05, 4.69) is 5.32 Å². The average Bonchev–Trinajstić information content (AvgIpc) is 3.14. The molecule has 0 unspecified atom stereocenters. The van der Waals surface area contributed by atoms with Gasteiger partial charge in [0.15, 0.2) is 0 Å². The van der Waals surface area contributed by atoms with Crippen molar-refractivity contribution in [1.29, 1.82) is 0 Å². The molecule has 20 heavy (non-hydrogen) atoms. The van der Waals surface area contributed by atoms with E-state index in [9.17, 15) is 4.79 Å². The van der Waals surface area contributed by atoms with Gasteiger partial charge in [0.2, 0.25) is 5.91 Å². The van der Waals surface area contributed by atoms with E-state index in [-0.39, 0.29) is 11.3 Å². The second-order valence-electron chi connectivity index (χ2n) is 6.06. The van der Waals surface area contributed by atoms with Gasteiger partial charge < -0.3 is 11.1 Å². The normalized spacial score (nSPS) is 22.2.